The van der Waals surface area contributed by atoms with Crippen LogP contribution in [0.2, 0.25) is 0 Å². The number of carbonyl (C=O) groups is 3. The van der Waals surface area contributed by atoms with Crippen LogP contribution in [0.15, 0.2) is 18.2 Å². The summed E-state index contributed by atoms with van der Waals surface area (Å²) in [4.78, 5) is 37.4. The summed E-state index contributed by atoms with van der Waals surface area (Å²) in [5.41, 5.74) is 0.464. The van der Waals surface area contributed by atoms with Crippen molar-refractivity contribution in [1.82, 2.24) is 4.90 Å². The molecule has 0 bridgehead atoms. The summed E-state index contributed by atoms with van der Waals surface area (Å²) in [6.45, 7) is 1.43. The standard InChI is InChI=1S/C16H17NO5/c18-12(11-3-6-14-15(9-11)22-10-21-14)4-5-13(19)16(20)17-7-1-2-8-17/h3,6,9H,1-2,4-5,7-8,10H2. The van der Waals surface area contributed by atoms with Crippen molar-refractivity contribution >= 4 is 17.5 Å². The van der Waals surface area contributed by atoms with Crippen LogP contribution in [0.5, 0.6) is 11.5 Å². The lowest BCUT2D eigenvalue weighted by molar-refractivity contribution is -0.143. The third-order valence-electron chi connectivity index (χ3n) is 3.91. The Morgan fingerprint density at radius 1 is 1.00 bits per heavy atom. The fourth-order valence-electron chi connectivity index (χ4n) is 2.64. The molecular weight excluding hydrogens is 286 g/mol. The van der Waals surface area contributed by atoms with Crippen LogP contribution < -0.4 is 9.47 Å². The number of ether oxygens (including phenoxy) is 2. The van der Waals surface area contributed by atoms with Crippen LogP contribution in [0.25, 0.3) is 0 Å². The summed E-state index contributed by atoms with van der Waals surface area (Å²) in [5, 5.41) is 0. The van der Waals surface area contributed by atoms with Crippen LogP contribution in [0.4, 0.5) is 0 Å². The fourth-order valence-corrected chi connectivity index (χ4v) is 2.64. The number of benzene rings is 1. The maximum Gasteiger partial charge on any atom is 0.289 e. The summed E-state index contributed by atoms with van der Waals surface area (Å²) in [5.74, 6) is 0.00927. The molecule has 0 unspecified atom stereocenters. The minimum Gasteiger partial charge on any atom is -0.454 e. The Hall–Kier alpha value is -2.37. The van der Waals surface area contributed by atoms with E-state index in [1.165, 1.54) is 0 Å². The van der Waals surface area contributed by atoms with Gasteiger partial charge < -0.3 is 14.4 Å². The molecule has 3 rings (SSSR count). The number of carbonyl (C=O) groups excluding carboxylic acids is 3. The smallest absolute Gasteiger partial charge is 0.289 e. The Labute approximate surface area is 128 Å². The molecule has 6 nitrogen and oxygen atoms in total. The minimum absolute atomic E-state index is 0.0259. The zero-order chi connectivity index (χ0) is 15.5. The normalized spacial score (nSPS) is 15.9. The molecule has 2 aliphatic heterocycles. The van der Waals surface area contributed by atoms with Gasteiger partial charge >= 0.3 is 0 Å². The largest absolute Gasteiger partial charge is 0.454 e. The van der Waals surface area contributed by atoms with E-state index in [-0.39, 0.29) is 25.4 Å². The van der Waals surface area contributed by atoms with Crippen LogP contribution in [0.3, 0.4) is 0 Å². The van der Waals surface area contributed by atoms with E-state index >= 15 is 0 Å². The predicted octanol–water partition coefficient (Wildman–Crippen LogP) is 1.57. The highest BCUT2D eigenvalue weighted by atomic mass is 16.7. The van der Waals surface area contributed by atoms with E-state index < -0.39 is 11.7 Å². The molecular formula is C16H17NO5. The first-order chi connectivity index (χ1) is 10.6. The molecule has 1 aromatic carbocycles. The third kappa shape index (κ3) is 2.95. The number of Topliss-reactive ketones (excluding diaryl/α,β-unsaturated/α-hetero) is 2. The van der Waals surface area contributed by atoms with Crippen molar-refractivity contribution in [2.24, 2.45) is 0 Å². The van der Waals surface area contributed by atoms with Crippen molar-refractivity contribution < 1.29 is 23.9 Å². The van der Waals surface area contributed by atoms with Crippen molar-refractivity contribution in [2.45, 2.75) is 25.7 Å². The van der Waals surface area contributed by atoms with E-state index in [0.29, 0.717) is 30.2 Å². The summed E-state index contributed by atoms with van der Waals surface area (Å²) in [6.07, 6.45) is 1.85. The Bertz CT molecular complexity index is 619. The second kappa shape index (κ2) is 6.17. The number of hydrogen-bond acceptors (Lipinski definition) is 5. The average Bonchev–Trinajstić information content (AvgIpc) is 3.21. The lowest BCUT2D eigenvalue weighted by atomic mass is 10.0. The Morgan fingerprint density at radius 3 is 2.50 bits per heavy atom. The van der Waals surface area contributed by atoms with E-state index in [9.17, 15) is 14.4 Å². The molecule has 0 atom stereocenters. The first kappa shape index (κ1) is 14.6. The number of ketones is 2. The quantitative estimate of drug-likeness (QED) is 0.610. The molecule has 1 aromatic rings. The minimum atomic E-state index is -0.490. The highest BCUT2D eigenvalue weighted by molar-refractivity contribution is 6.36. The van der Waals surface area contributed by atoms with E-state index in [1.54, 1.807) is 23.1 Å². The molecule has 6 heteroatoms. The molecule has 1 saturated heterocycles. The van der Waals surface area contributed by atoms with Crippen molar-refractivity contribution in [3.63, 3.8) is 0 Å². The van der Waals surface area contributed by atoms with Gasteiger partial charge in [0, 0.05) is 31.5 Å². The zero-order valence-corrected chi connectivity index (χ0v) is 12.2. The SMILES string of the molecule is O=C(CCC(=O)c1ccc2c(c1)OCO2)C(=O)N1CCCC1. The molecule has 1 fully saturated rings. The van der Waals surface area contributed by atoms with Crippen molar-refractivity contribution in [3.8, 4) is 11.5 Å². The number of fused-ring (bicyclic) bond motifs is 1. The van der Waals surface area contributed by atoms with Crippen LogP contribution >= 0.6 is 0 Å². The van der Waals surface area contributed by atoms with Gasteiger partial charge in [0.2, 0.25) is 12.6 Å². The van der Waals surface area contributed by atoms with E-state index in [0.717, 1.165) is 12.8 Å². The molecule has 0 aromatic heterocycles. The Balaban J connectivity index is 1.55. The summed E-state index contributed by atoms with van der Waals surface area (Å²) >= 11 is 0. The zero-order valence-electron chi connectivity index (χ0n) is 12.2. The highest BCUT2D eigenvalue weighted by Gasteiger charge is 2.25. The molecule has 0 saturated carbocycles. The second-order valence-corrected chi connectivity index (χ2v) is 5.41. The third-order valence-corrected chi connectivity index (χ3v) is 3.91. The van der Waals surface area contributed by atoms with Crippen LogP contribution in [0, 0.1) is 0 Å². The van der Waals surface area contributed by atoms with Gasteiger partial charge in [-0.15, -0.1) is 0 Å². The number of hydrogen-bond donors (Lipinski definition) is 0. The number of nitrogens with zero attached hydrogens (tertiary/aromatic N) is 1. The van der Waals surface area contributed by atoms with Gasteiger partial charge in [-0.2, -0.15) is 0 Å². The van der Waals surface area contributed by atoms with Crippen molar-refractivity contribution in [1.29, 1.82) is 0 Å². The van der Waals surface area contributed by atoms with Gasteiger partial charge in [-0.3, -0.25) is 14.4 Å². The van der Waals surface area contributed by atoms with Gasteiger partial charge in [0.05, 0.1) is 0 Å². The lowest BCUT2D eigenvalue weighted by Crippen LogP contribution is -2.34. The molecule has 22 heavy (non-hydrogen) atoms. The summed E-state index contributed by atoms with van der Waals surface area (Å²) in [6, 6.07) is 4.92. The highest BCUT2D eigenvalue weighted by Crippen LogP contribution is 2.32. The summed E-state index contributed by atoms with van der Waals surface area (Å²) < 4.78 is 10.4. The van der Waals surface area contributed by atoms with Gasteiger partial charge in [-0.05, 0) is 31.0 Å². The first-order valence-electron chi connectivity index (χ1n) is 7.40. The maximum absolute atomic E-state index is 12.1. The van der Waals surface area contributed by atoms with Gasteiger partial charge in [0.25, 0.3) is 5.91 Å². The molecule has 0 aliphatic carbocycles. The number of amides is 1. The second-order valence-electron chi connectivity index (χ2n) is 5.41. The van der Waals surface area contributed by atoms with E-state index in [2.05, 4.69) is 0 Å². The molecule has 2 aliphatic rings. The predicted molar refractivity (Wildman–Crippen MR) is 77.0 cm³/mol. The topological polar surface area (TPSA) is 72.9 Å². The molecule has 2 heterocycles. The number of rotatable bonds is 5. The van der Waals surface area contributed by atoms with Crippen LogP contribution in [-0.4, -0.2) is 42.3 Å². The Kier molecular flexibility index (Phi) is 4.09. The average molecular weight is 303 g/mol. The maximum atomic E-state index is 12.1. The monoisotopic (exact) mass is 303 g/mol. The van der Waals surface area contributed by atoms with Gasteiger partial charge in [0.15, 0.2) is 17.3 Å². The van der Waals surface area contributed by atoms with E-state index in [4.69, 9.17) is 9.47 Å². The van der Waals surface area contributed by atoms with Gasteiger partial charge in [-0.25, -0.2) is 0 Å². The Morgan fingerprint density at radius 2 is 1.73 bits per heavy atom. The molecule has 116 valence electrons. The van der Waals surface area contributed by atoms with Crippen molar-refractivity contribution in [2.75, 3.05) is 19.9 Å². The van der Waals surface area contributed by atoms with Crippen LogP contribution in [0.1, 0.15) is 36.0 Å². The van der Waals surface area contributed by atoms with Crippen molar-refractivity contribution in [3.05, 3.63) is 23.8 Å². The fraction of sp³-hybridized carbons (Fsp3) is 0.438. The molecule has 0 radical (unpaired) electrons. The van der Waals surface area contributed by atoms with E-state index in [1.807, 2.05) is 0 Å². The van der Waals surface area contributed by atoms with Gasteiger partial charge in [-0.1, -0.05) is 0 Å². The summed E-state index contributed by atoms with van der Waals surface area (Å²) in [7, 11) is 0. The first-order valence-corrected chi connectivity index (χ1v) is 7.40. The molecule has 1 amide bonds. The molecule has 0 spiro atoms. The lowest BCUT2D eigenvalue weighted by Gasteiger charge is -2.13. The molecule has 0 N–H and O–H groups in total. The van der Waals surface area contributed by atoms with Gasteiger partial charge in [0.1, 0.15) is 0 Å². The number of likely N-dealkylation sites (tertiary alicyclic amines) is 1. The van der Waals surface area contributed by atoms with Crippen LogP contribution in [-0.2, 0) is 9.59 Å².